The molecule has 19 heavy (non-hydrogen) atoms. The molecule has 0 spiro atoms. The molecule has 102 valence electrons. The number of halogens is 1. The average Bonchev–Trinajstić information content (AvgIpc) is 2.39. The fourth-order valence-electron chi connectivity index (χ4n) is 1.38. The number of hydrogen-bond donors (Lipinski definition) is 1. The van der Waals surface area contributed by atoms with Gasteiger partial charge >= 0.3 is 0 Å². The Hall–Kier alpha value is -2.13. The highest BCUT2D eigenvalue weighted by molar-refractivity contribution is 5.80. The van der Waals surface area contributed by atoms with Crippen molar-refractivity contribution in [3.63, 3.8) is 0 Å². The molecule has 1 atom stereocenters. The van der Waals surface area contributed by atoms with Crippen LogP contribution in [-0.4, -0.2) is 32.3 Å². The van der Waals surface area contributed by atoms with Crippen LogP contribution in [0.1, 0.15) is 12.5 Å². The first-order valence-electron chi connectivity index (χ1n) is 5.72. The summed E-state index contributed by atoms with van der Waals surface area (Å²) in [6, 6.07) is 5.73. The lowest BCUT2D eigenvalue weighted by atomic mass is 10.2. The first-order chi connectivity index (χ1) is 9.10. The lowest BCUT2D eigenvalue weighted by Crippen LogP contribution is -2.38. The van der Waals surface area contributed by atoms with Crippen LogP contribution in [0.4, 0.5) is 4.39 Å². The van der Waals surface area contributed by atoms with Crippen LogP contribution >= 0.6 is 0 Å². The van der Waals surface area contributed by atoms with Gasteiger partial charge in [0.1, 0.15) is 23.2 Å². The van der Waals surface area contributed by atoms with Crippen molar-refractivity contribution in [2.45, 2.75) is 13.0 Å². The minimum absolute atomic E-state index is 0.0527. The first kappa shape index (κ1) is 14.9. The van der Waals surface area contributed by atoms with Crippen molar-refractivity contribution < 1.29 is 18.7 Å². The van der Waals surface area contributed by atoms with Gasteiger partial charge in [-0.05, 0) is 19.1 Å². The molecular weight excluding hydrogens is 251 g/mol. The maximum Gasteiger partial charge on any atom is 0.260 e. The molecule has 1 aromatic rings. The smallest absolute Gasteiger partial charge is 0.260 e. The van der Waals surface area contributed by atoms with Gasteiger partial charge in [-0.25, -0.2) is 4.39 Å². The summed E-state index contributed by atoms with van der Waals surface area (Å²) in [7, 11) is 1.53. The second-order valence-electron chi connectivity index (χ2n) is 3.77. The van der Waals surface area contributed by atoms with Gasteiger partial charge in [-0.1, -0.05) is 6.07 Å². The number of nitrogens with one attached hydrogen (secondary N) is 1. The molecule has 0 saturated carbocycles. The van der Waals surface area contributed by atoms with Crippen LogP contribution < -0.4 is 10.1 Å². The number of methoxy groups -OCH3 is 1. The van der Waals surface area contributed by atoms with Gasteiger partial charge in [0, 0.05) is 13.7 Å². The molecule has 1 rings (SSSR count). The maximum atomic E-state index is 13.3. The number of nitrogens with zero attached hydrogens (tertiary/aromatic N) is 1. The molecule has 1 N–H and O–H groups in total. The molecule has 0 aliphatic rings. The van der Waals surface area contributed by atoms with Gasteiger partial charge in [-0.15, -0.1) is 0 Å². The van der Waals surface area contributed by atoms with E-state index in [1.54, 1.807) is 6.07 Å². The van der Waals surface area contributed by atoms with Gasteiger partial charge in [0.05, 0.1) is 6.61 Å². The van der Waals surface area contributed by atoms with Crippen molar-refractivity contribution in [2.75, 3.05) is 20.3 Å². The number of carbonyl (C=O) groups excluding carboxylic acids is 1. The monoisotopic (exact) mass is 266 g/mol. The molecule has 0 radical (unpaired) electrons. The first-order valence-corrected chi connectivity index (χ1v) is 5.72. The summed E-state index contributed by atoms with van der Waals surface area (Å²) < 4.78 is 23.4. The topological polar surface area (TPSA) is 71.3 Å². The lowest BCUT2D eigenvalue weighted by Gasteiger charge is -2.15. The van der Waals surface area contributed by atoms with E-state index in [4.69, 9.17) is 14.7 Å². The number of hydrogen-bond acceptors (Lipinski definition) is 4. The van der Waals surface area contributed by atoms with E-state index in [0.717, 1.165) is 6.07 Å². The van der Waals surface area contributed by atoms with Crippen molar-refractivity contribution in [1.29, 1.82) is 5.26 Å². The van der Waals surface area contributed by atoms with E-state index in [1.807, 2.05) is 0 Å². The summed E-state index contributed by atoms with van der Waals surface area (Å²) in [4.78, 5) is 11.6. The zero-order valence-electron chi connectivity index (χ0n) is 10.8. The van der Waals surface area contributed by atoms with Gasteiger partial charge in [0.15, 0.2) is 6.10 Å². The zero-order valence-corrected chi connectivity index (χ0v) is 10.8. The second-order valence-corrected chi connectivity index (χ2v) is 3.77. The third kappa shape index (κ3) is 4.23. The van der Waals surface area contributed by atoms with Crippen molar-refractivity contribution in [1.82, 2.24) is 5.32 Å². The highest BCUT2D eigenvalue weighted by atomic mass is 19.1. The van der Waals surface area contributed by atoms with Gasteiger partial charge in [0.25, 0.3) is 5.91 Å². The fraction of sp³-hybridized carbons (Fsp3) is 0.385. The van der Waals surface area contributed by atoms with E-state index in [2.05, 4.69) is 5.32 Å². The largest absolute Gasteiger partial charge is 0.479 e. The number of ether oxygens (including phenoxy) is 2. The Morgan fingerprint density at radius 1 is 1.58 bits per heavy atom. The highest BCUT2D eigenvalue weighted by Crippen LogP contribution is 2.21. The van der Waals surface area contributed by atoms with Gasteiger partial charge in [-0.3, -0.25) is 4.79 Å². The summed E-state index contributed by atoms with van der Waals surface area (Å²) in [5, 5.41) is 11.4. The van der Waals surface area contributed by atoms with Crippen molar-refractivity contribution in [3.8, 4) is 11.8 Å². The van der Waals surface area contributed by atoms with Crippen LogP contribution in [0, 0.1) is 17.1 Å². The third-order valence-corrected chi connectivity index (χ3v) is 2.37. The lowest BCUT2D eigenvalue weighted by molar-refractivity contribution is -0.127. The second kappa shape index (κ2) is 7.34. The number of benzene rings is 1. The minimum atomic E-state index is -0.828. The van der Waals surface area contributed by atoms with Gasteiger partial charge in [-0.2, -0.15) is 5.26 Å². The molecular formula is C13H15FN2O3. The Morgan fingerprint density at radius 2 is 2.32 bits per heavy atom. The molecule has 0 saturated heterocycles. The minimum Gasteiger partial charge on any atom is -0.479 e. The van der Waals surface area contributed by atoms with Crippen LogP contribution in [0.5, 0.6) is 5.75 Å². The SMILES string of the molecule is COCCNC(=O)C(C)Oc1cccc(F)c1C#N. The van der Waals surface area contributed by atoms with Crippen LogP contribution in [0.3, 0.4) is 0 Å². The summed E-state index contributed by atoms with van der Waals surface area (Å²) in [6.07, 6.45) is -0.828. The molecule has 6 heteroatoms. The standard InChI is InChI=1S/C13H15FN2O3/c1-9(13(17)16-6-7-18-2)19-12-5-3-4-11(14)10(12)8-15/h3-5,9H,6-7H2,1-2H3,(H,16,17). The molecule has 0 aliphatic carbocycles. The molecule has 5 nitrogen and oxygen atoms in total. The van der Waals surface area contributed by atoms with Crippen molar-refractivity contribution in [2.24, 2.45) is 0 Å². The predicted molar refractivity (Wildman–Crippen MR) is 66.1 cm³/mol. The fourth-order valence-corrected chi connectivity index (χ4v) is 1.38. The molecule has 0 heterocycles. The molecule has 0 fully saturated rings. The number of carbonyl (C=O) groups is 1. The van der Waals surface area contributed by atoms with E-state index >= 15 is 0 Å². The van der Waals surface area contributed by atoms with E-state index in [0.29, 0.717) is 13.2 Å². The number of amides is 1. The van der Waals surface area contributed by atoms with Crippen LogP contribution in [0.2, 0.25) is 0 Å². The summed E-state index contributed by atoms with van der Waals surface area (Å²) in [6.45, 7) is 2.27. The normalized spacial score (nSPS) is 11.5. The van der Waals surface area contributed by atoms with Crippen LogP contribution in [0.15, 0.2) is 18.2 Å². The van der Waals surface area contributed by atoms with E-state index < -0.39 is 11.9 Å². The molecule has 1 unspecified atom stereocenters. The van der Waals surface area contributed by atoms with E-state index in [-0.39, 0.29) is 17.2 Å². The Morgan fingerprint density at radius 3 is 2.95 bits per heavy atom. The Bertz CT molecular complexity index is 485. The average molecular weight is 266 g/mol. The quantitative estimate of drug-likeness (QED) is 0.786. The van der Waals surface area contributed by atoms with E-state index in [1.165, 1.54) is 26.2 Å². The molecule has 0 aliphatic heterocycles. The molecule has 1 aromatic carbocycles. The Kier molecular flexibility index (Phi) is 5.76. The van der Waals surface area contributed by atoms with Crippen LogP contribution in [0.25, 0.3) is 0 Å². The highest BCUT2D eigenvalue weighted by Gasteiger charge is 2.17. The Labute approximate surface area is 110 Å². The number of rotatable bonds is 6. The summed E-state index contributed by atoms with van der Waals surface area (Å²) in [5.41, 5.74) is -0.209. The summed E-state index contributed by atoms with van der Waals surface area (Å²) in [5.74, 6) is -0.978. The van der Waals surface area contributed by atoms with Crippen molar-refractivity contribution >= 4 is 5.91 Å². The predicted octanol–water partition coefficient (Wildman–Crippen LogP) is 1.23. The van der Waals surface area contributed by atoms with Crippen LogP contribution in [-0.2, 0) is 9.53 Å². The van der Waals surface area contributed by atoms with Gasteiger partial charge < -0.3 is 14.8 Å². The van der Waals surface area contributed by atoms with Gasteiger partial charge in [0.2, 0.25) is 0 Å². The third-order valence-electron chi connectivity index (χ3n) is 2.37. The Balaban J connectivity index is 2.67. The molecule has 1 amide bonds. The van der Waals surface area contributed by atoms with Crippen molar-refractivity contribution in [3.05, 3.63) is 29.6 Å². The molecule has 0 aromatic heterocycles. The summed E-state index contributed by atoms with van der Waals surface area (Å²) >= 11 is 0. The van der Waals surface area contributed by atoms with E-state index in [9.17, 15) is 9.18 Å². The number of nitriles is 1. The molecule has 0 bridgehead atoms. The zero-order chi connectivity index (χ0) is 14.3. The maximum absolute atomic E-state index is 13.3.